The first-order chi connectivity index (χ1) is 10.2. The fraction of sp³-hybridized carbons (Fsp3) is 0.188. The SMILES string of the molecule is Cc1ccc(NS(=O)(=O)c2ccc(C)c(C(N)=O)c2)c(C)c1. The average molecular weight is 318 g/mol. The number of aryl methyl sites for hydroxylation is 3. The number of primary amides is 1. The molecule has 0 bridgehead atoms. The van der Waals surface area contributed by atoms with Crippen molar-refractivity contribution in [2.24, 2.45) is 5.73 Å². The Kier molecular flexibility index (Phi) is 4.23. The van der Waals surface area contributed by atoms with Gasteiger partial charge in [-0.05, 0) is 50.1 Å². The van der Waals surface area contributed by atoms with Gasteiger partial charge in [-0.25, -0.2) is 8.42 Å². The number of benzene rings is 2. The fourth-order valence-corrected chi connectivity index (χ4v) is 3.32. The predicted octanol–water partition coefficient (Wildman–Crippen LogP) is 2.51. The van der Waals surface area contributed by atoms with Crippen molar-refractivity contribution in [1.29, 1.82) is 0 Å². The van der Waals surface area contributed by atoms with Crippen LogP contribution in [0.2, 0.25) is 0 Å². The molecule has 0 aliphatic rings. The summed E-state index contributed by atoms with van der Waals surface area (Å²) in [4.78, 5) is 11.4. The van der Waals surface area contributed by atoms with E-state index in [9.17, 15) is 13.2 Å². The highest BCUT2D eigenvalue weighted by atomic mass is 32.2. The van der Waals surface area contributed by atoms with Crippen LogP contribution in [0, 0.1) is 20.8 Å². The Morgan fingerprint density at radius 1 is 1.00 bits per heavy atom. The van der Waals surface area contributed by atoms with E-state index in [4.69, 9.17) is 5.73 Å². The first kappa shape index (κ1) is 16.0. The highest BCUT2D eigenvalue weighted by Gasteiger charge is 2.18. The van der Waals surface area contributed by atoms with E-state index in [1.165, 1.54) is 12.1 Å². The van der Waals surface area contributed by atoms with Crippen LogP contribution < -0.4 is 10.5 Å². The lowest BCUT2D eigenvalue weighted by atomic mass is 10.1. The van der Waals surface area contributed by atoms with Crippen molar-refractivity contribution < 1.29 is 13.2 Å². The van der Waals surface area contributed by atoms with Gasteiger partial charge in [0, 0.05) is 5.56 Å². The number of rotatable bonds is 4. The molecule has 0 fully saturated rings. The fourth-order valence-electron chi connectivity index (χ4n) is 2.17. The molecule has 22 heavy (non-hydrogen) atoms. The van der Waals surface area contributed by atoms with E-state index in [1.54, 1.807) is 19.1 Å². The van der Waals surface area contributed by atoms with Gasteiger partial charge < -0.3 is 5.73 Å². The zero-order valence-electron chi connectivity index (χ0n) is 12.7. The van der Waals surface area contributed by atoms with Crippen molar-refractivity contribution >= 4 is 21.6 Å². The molecule has 0 atom stereocenters. The summed E-state index contributed by atoms with van der Waals surface area (Å²) >= 11 is 0. The molecule has 1 amide bonds. The third kappa shape index (κ3) is 3.28. The number of sulfonamides is 1. The molecule has 2 rings (SSSR count). The zero-order valence-corrected chi connectivity index (χ0v) is 13.5. The molecule has 5 nitrogen and oxygen atoms in total. The van der Waals surface area contributed by atoms with E-state index in [-0.39, 0.29) is 10.5 Å². The van der Waals surface area contributed by atoms with Gasteiger partial charge in [0.25, 0.3) is 10.0 Å². The highest BCUT2D eigenvalue weighted by Crippen LogP contribution is 2.22. The minimum absolute atomic E-state index is 0.00637. The Hall–Kier alpha value is -2.34. The molecule has 0 saturated heterocycles. The van der Waals surface area contributed by atoms with Crippen LogP contribution in [0.15, 0.2) is 41.3 Å². The predicted molar refractivity (Wildman–Crippen MR) is 86.4 cm³/mol. The Balaban J connectivity index is 2.42. The van der Waals surface area contributed by atoms with E-state index < -0.39 is 15.9 Å². The molecule has 116 valence electrons. The number of nitrogens with one attached hydrogen (secondary N) is 1. The third-order valence-electron chi connectivity index (χ3n) is 3.41. The van der Waals surface area contributed by atoms with Crippen LogP contribution in [0.25, 0.3) is 0 Å². The number of hydrogen-bond donors (Lipinski definition) is 2. The van der Waals surface area contributed by atoms with Crippen molar-refractivity contribution in [3.8, 4) is 0 Å². The second kappa shape index (κ2) is 5.81. The Morgan fingerprint density at radius 2 is 1.68 bits per heavy atom. The average Bonchev–Trinajstić information content (AvgIpc) is 2.42. The van der Waals surface area contributed by atoms with Crippen molar-refractivity contribution in [3.63, 3.8) is 0 Å². The largest absolute Gasteiger partial charge is 0.366 e. The Labute approximate surface area is 130 Å². The van der Waals surface area contributed by atoms with Gasteiger partial charge >= 0.3 is 0 Å². The highest BCUT2D eigenvalue weighted by molar-refractivity contribution is 7.92. The summed E-state index contributed by atoms with van der Waals surface area (Å²) in [7, 11) is -3.78. The number of amides is 1. The third-order valence-corrected chi connectivity index (χ3v) is 4.77. The van der Waals surface area contributed by atoms with Crippen molar-refractivity contribution in [1.82, 2.24) is 0 Å². The molecule has 0 saturated carbocycles. The number of anilines is 1. The van der Waals surface area contributed by atoms with E-state index in [0.29, 0.717) is 11.3 Å². The van der Waals surface area contributed by atoms with Gasteiger partial charge in [-0.2, -0.15) is 0 Å². The van der Waals surface area contributed by atoms with Gasteiger partial charge in [-0.3, -0.25) is 9.52 Å². The summed E-state index contributed by atoms with van der Waals surface area (Å²) < 4.78 is 27.5. The van der Waals surface area contributed by atoms with Crippen LogP contribution in [-0.2, 0) is 10.0 Å². The second-order valence-electron chi connectivity index (χ2n) is 5.26. The number of carbonyl (C=O) groups excluding carboxylic acids is 1. The van der Waals surface area contributed by atoms with Crippen LogP contribution in [0.4, 0.5) is 5.69 Å². The summed E-state index contributed by atoms with van der Waals surface area (Å²) in [5.41, 5.74) is 8.48. The summed E-state index contributed by atoms with van der Waals surface area (Å²) in [6, 6.07) is 9.75. The van der Waals surface area contributed by atoms with Gasteiger partial charge in [0.05, 0.1) is 10.6 Å². The van der Waals surface area contributed by atoms with Crippen molar-refractivity contribution in [2.75, 3.05) is 4.72 Å². The van der Waals surface area contributed by atoms with E-state index >= 15 is 0 Å². The van der Waals surface area contributed by atoms with Gasteiger partial charge in [-0.1, -0.05) is 23.8 Å². The Bertz CT molecular complexity index is 842. The molecule has 6 heteroatoms. The lowest BCUT2D eigenvalue weighted by Crippen LogP contribution is -2.17. The molecule has 3 N–H and O–H groups in total. The van der Waals surface area contributed by atoms with E-state index in [1.807, 2.05) is 26.0 Å². The van der Waals surface area contributed by atoms with Gasteiger partial charge in [0.1, 0.15) is 0 Å². The van der Waals surface area contributed by atoms with Gasteiger partial charge in [0.2, 0.25) is 5.91 Å². The molecule has 0 spiro atoms. The first-order valence-electron chi connectivity index (χ1n) is 6.71. The monoisotopic (exact) mass is 318 g/mol. The number of hydrogen-bond acceptors (Lipinski definition) is 3. The molecule has 0 aliphatic carbocycles. The second-order valence-corrected chi connectivity index (χ2v) is 6.95. The smallest absolute Gasteiger partial charge is 0.261 e. The molecular formula is C16H18N2O3S. The zero-order chi connectivity index (χ0) is 16.5. The normalized spacial score (nSPS) is 11.2. The molecule has 0 aliphatic heterocycles. The molecule has 0 unspecified atom stereocenters. The van der Waals surface area contributed by atoms with Crippen LogP contribution in [0.1, 0.15) is 27.0 Å². The Morgan fingerprint density at radius 3 is 2.27 bits per heavy atom. The lowest BCUT2D eigenvalue weighted by molar-refractivity contribution is 0.0999. The molecule has 0 heterocycles. The topological polar surface area (TPSA) is 89.3 Å². The van der Waals surface area contributed by atoms with Crippen LogP contribution in [0.3, 0.4) is 0 Å². The van der Waals surface area contributed by atoms with E-state index in [2.05, 4.69) is 4.72 Å². The minimum atomic E-state index is -3.78. The van der Waals surface area contributed by atoms with Crippen molar-refractivity contribution in [3.05, 3.63) is 58.7 Å². The first-order valence-corrected chi connectivity index (χ1v) is 8.19. The summed E-state index contributed by atoms with van der Waals surface area (Å²) in [5.74, 6) is -0.652. The maximum absolute atomic E-state index is 12.5. The maximum Gasteiger partial charge on any atom is 0.261 e. The molecule has 0 aromatic heterocycles. The standard InChI is InChI=1S/C16H18N2O3S/c1-10-4-7-15(12(3)8-10)18-22(20,21)13-6-5-11(2)14(9-13)16(17)19/h4-9,18H,1-3H3,(H2,17,19). The van der Waals surface area contributed by atoms with Gasteiger partial charge in [0.15, 0.2) is 0 Å². The summed E-state index contributed by atoms with van der Waals surface area (Å²) in [6.07, 6.45) is 0. The van der Waals surface area contributed by atoms with E-state index in [0.717, 1.165) is 11.1 Å². The summed E-state index contributed by atoms with van der Waals surface area (Å²) in [5, 5.41) is 0. The molecule has 0 radical (unpaired) electrons. The number of carbonyl (C=O) groups is 1. The molecule has 2 aromatic carbocycles. The quantitative estimate of drug-likeness (QED) is 0.907. The minimum Gasteiger partial charge on any atom is -0.366 e. The summed E-state index contributed by atoms with van der Waals surface area (Å²) in [6.45, 7) is 5.47. The van der Waals surface area contributed by atoms with Gasteiger partial charge in [-0.15, -0.1) is 0 Å². The maximum atomic E-state index is 12.5. The van der Waals surface area contributed by atoms with Crippen LogP contribution >= 0.6 is 0 Å². The van der Waals surface area contributed by atoms with Crippen LogP contribution in [-0.4, -0.2) is 14.3 Å². The lowest BCUT2D eigenvalue weighted by Gasteiger charge is -2.12. The number of nitrogens with two attached hydrogens (primary N) is 1. The van der Waals surface area contributed by atoms with Crippen LogP contribution in [0.5, 0.6) is 0 Å². The van der Waals surface area contributed by atoms with Crippen molar-refractivity contribution in [2.45, 2.75) is 25.7 Å². The molecular weight excluding hydrogens is 300 g/mol. The molecule has 2 aromatic rings.